The lowest BCUT2D eigenvalue weighted by atomic mass is 9.77. The summed E-state index contributed by atoms with van der Waals surface area (Å²) >= 11 is 3.70. The van der Waals surface area contributed by atoms with Crippen molar-refractivity contribution in [2.75, 3.05) is 0 Å². The van der Waals surface area contributed by atoms with Crippen molar-refractivity contribution in [1.82, 2.24) is 0 Å². The Balaban J connectivity index is 2.09. The zero-order chi connectivity index (χ0) is 13.1. The molecule has 0 saturated heterocycles. The molecule has 18 heavy (non-hydrogen) atoms. The minimum atomic E-state index is -0.347. The fourth-order valence-corrected chi connectivity index (χ4v) is 3.56. The molecule has 3 unspecified atom stereocenters. The molecule has 100 valence electrons. The van der Waals surface area contributed by atoms with Crippen molar-refractivity contribution in [3.63, 3.8) is 0 Å². The molecule has 1 aliphatic rings. The number of hydrogen-bond acceptors (Lipinski definition) is 0. The van der Waals surface area contributed by atoms with Gasteiger partial charge in [-0.25, -0.2) is 8.78 Å². The van der Waals surface area contributed by atoms with E-state index in [0.29, 0.717) is 22.7 Å². The second-order valence-electron chi connectivity index (χ2n) is 5.30. The van der Waals surface area contributed by atoms with E-state index in [9.17, 15) is 8.78 Å². The van der Waals surface area contributed by atoms with Gasteiger partial charge >= 0.3 is 0 Å². The Bertz CT molecular complexity index is 405. The van der Waals surface area contributed by atoms with Crippen LogP contribution in [0.3, 0.4) is 0 Å². The van der Waals surface area contributed by atoms with E-state index in [1.807, 2.05) is 0 Å². The molecule has 2 rings (SSSR count). The summed E-state index contributed by atoms with van der Waals surface area (Å²) in [4.78, 5) is 0.433. The van der Waals surface area contributed by atoms with Gasteiger partial charge in [0.25, 0.3) is 0 Å². The minimum Gasteiger partial charge on any atom is -0.207 e. The van der Waals surface area contributed by atoms with Gasteiger partial charge in [0, 0.05) is 4.83 Å². The van der Waals surface area contributed by atoms with E-state index in [1.165, 1.54) is 31.0 Å². The Morgan fingerprint density at radius 3 is 2.78 bits per heavy atom. The molecule has 1 fully saturated rings. The summed E-state index contributed by atoms with van der Waals surface area (Å²) in [5.41, 5.74) is 0.515. The van der Waals surface area contributed by atoms with Gasteiger partial charge in [-0.15, -0.1) is 0 Å². The topological polar surface area (TPSA) is 0 Å². The van der Waals surface area contributed by atoms with Gasteiger partial charge in [-0.1, -0.05) is 29.3 Å². The Morgan fingerprint density at radius 1 is 1.28 bits per heavy atom. The van der Waals surface area contributed by atoms with Crippen LogP contribution in [0.2, 0.25) is 0 Å². The molecular weight excluding hydrogens is 298 g/mol. The SMILES string of the molecule is CCC1CCC(Br)C(Cc2cc(F)ccc2F)C1. The number of halogens is 3. The Morgan fingerprint density at radius 2 is 2.06 bits per heavy atom. The van der Waals surface area contributed by atoms with Gasteiger partial charge in [0.05, 0.1) is 0 Å². The average molecular weight is 317 g/mol. The summed E-state index contributed by atoms with van der Waals surface area (Å²) in [6, 6.07) is 3.75. The first kappa shape index (κ1) is 14.0. The largest absolute Gasteiger partial charge is 0.207 e. The van der Waals surface area contributed by atoms with Crippen molar-refractivity contribution in [3.8, 4) is 0 Å². The van der Waals surface area contributed by atoms with Gasteiger partial charge in [0.1, 0.15) is 11.6 Å². The summed E-state index contributed by atoms with van der Waals surface area (Å²) in [5.74, 6) is 0.524. The van der Waals surface area contributed by atoms with E-state index >= 15 is 0 Å². The van der Waals surface area contributed by atoms with Crippen LogP contribution in [0.15, 0.2) is 18.2 Å². The van der Waals surface area contributed by atoms with Crippen LogP contribution in [0.25, 0.3) is 0 Å². The zero-order valence-corrected chi connectivity index (χ0v) is 12.2. The van der Waals surface area contributed by atoms with Crippen LogP contribution in [-0.4, -0.2) is 4.83 Å². The predicted molar refractivity (Wildman–Crippen MR) is 73.9 cm³/mol. The van der Waals surface area contributed by atoms with Crippen molar-refractivity contribution in [3.05, 3.63) is 35.4 Å². The average Bonchev–Trinajstić information content (AvgIpc) is 2.36. The number of rotatable bonds is 3. The van der Waals surface area contributed by atoms with Crippen LogP contribution in [0.4, 0.5) is 8.78 Å². The minimum absolute atomic E-state index is 0.283. The van der Waals surface area contributed by atoms with Gasteiger partial charge in [0.15, 0.2) is 0 Å². The first-order valence-corrected chi connectivity index (χ1v) is 7.59. The summed E-state index contributed by atoms with van der Waals surface area (Å²) in [6.07, 6.45) is 5.31. The molecule has 3 heteroatoms. The van der Waals surface area contributed by atoms with Crippen molar-refractivity contribution < 1.29 is 8.78 Å². The van der Waals surface area contributed by atoms with Crippen LogP contribution in [0, 0.1) is 23.5 Å². The van der Waals surface area contributed by atoms with Gasteiger partial charge < -0.3 is 0 Å². The van der Waals surface area contributed by atoms with Crippen LogP contribution >= 0.6 is 15.9 Å². The third-order valence-corrected chi connectivity index (χ3v) is 5.27. The standard InChI is InChI=1S/C15H19BrF2/c1-2-10-3-5-14(16)11(7-10)8-12-9-13(17)4-6-15(12)18/h4,6,9-11,14H,2-3,5,7-8H2,1H3. The van der Waals surface area contributed by atoms with Gasteiger partial charge in [-0.3, -0.25) is 0 Å². The fourth-order valence-electron chi connectivity index (χ4n) is 2.89. The van der Waals surface area contributed by atoms with E-state index in [2.05, 4.69) is 22.9 Å². The molecule has 0 spiro atoms. The third kappa shape index (κ3) is 3.31. The molecule has 0 bridgehead atoms. The maximum atomic E-state index is 13.6. The van der Waals surface area contributed by atoms with Crippen molar-refractivity contribution >= 4 is 15.9 Å². The number of alkyl halides is 1. The molecule has 1 aliphatic carbocycles. The van der Waals surface area contributed by atoms with Crippen molar-refractivity contribution in [2.24, 2.45) is 11.8 Å². The number of benzene rings is 1. The monoisotopic (exact) mass is 316 g/mol. The molecule has 1 saturated carbocycles. The highest BCUT2D eigenvalue weighted by Crippen LogP contribution is 2.37. The highest BCUT2D eigenvalue weighted by molar-refractivity contribution is 9.09. The molecule has 0 aliphatic heterocycles. The lowest BCUT2D eigenvalue weighted by Gasteiger charge is -2.33. The van der Waals surface area contributed by atoms with Crippen LogP contribution < -0.4 is 0 Å². The molecule has 0 aromatic heterocycles. The highest BCUT2D eigenvalue weighted by atomic mass is 79.9. The fraction of sp³-hybridized carbons (Fsp3) is 0.600. The van der Waals surface area contributed by atoms with E-state index in [-0.39, 0.29) is 11.6 Å². The van der Waals surface area contributed by atoms with Crippen molar-refractivity contribution in [2.45, 2.75) is 43.9 Å². The van der Waals surface area contributed by atoms with Gasteiger partial charge in [-0.05, 0) is 61.3 Å². The maximum absolute atomic E-state index is 13.6. The van der Waals surface area contributed by atoms with Gasteiger partial charge in [0.2, 0.25) is 0 Å². The lowest BCUT2D eigenvalue weighted by molar-refractivity contribution is 0.269. The van der Waals surface area contributed by atoms with Crippen LogP contribution in [0.1, 0.15) is 38.2 Å². The predicted octanol–water partition coefficient (Wildman–Crippen LogP) is 5.10. The summed E-state index contributed by atoms with van der Waals surface area (Å²) < 4.78 is 26.8. The van der Waals surface area contributed by atoms with Crippen LogP contribution in [-0.2, 0) is 6.42 Å². The summed E-state index contributed by atoms with van der Waals surface area (Å²) in [7, 11) is 0. The number of hydrogen-bond donors (Lipinski definition) is 0. The molecule has 0 N–H and O–H groups in total. The summed E-state index contributed by atoms with van der Waals surface area (Å²) in [6.45, 7) is 2.21. The molecule has 3 atom stereocenters. The second kappa shape index (κ2) is 6.14. The second-order valence-corrected chi connectivity index (χ2v) is 6.48. The first-order valence-electron chi connectivity index (χ1n) is 6.68. The van der Waals surface area contributed by atoms with E-state index in [0.717, 1.165) is 18.8 Å². The molecular formula is C15H19BrF2. The maximum Gasteiger partial charge on any atom is 0.126 e. The molecule has 0 heterocycles. The first-order chi connectivity index (χ1) is 8.60. The smallest absolute Gasteiger partial charge is 0.126 e. The normalized spacial score (nSPS) is 28.3. The highest BCUT2D eigenvalue weighted by Gasteiger charge is 2.28. The van der Waals surface area contributed by atoms with Crippen molar-refractivity contribution in [1.29, 1.82) is 0 Å². The van der Waals surface area contributed by atoms with E-state index in [1.54, 1.807) is 0 Å². The lowest BCUT2D eigenvalue weighted by Crippen LogP contribution is -2.26. The Hall–Kier alpha value is -0.440. The Labute approximate surface area is 116 Å². The molecule has 0 amide bonds. The van der Waals surface area contributed by atoms with Crippen LogP contribution in [0.5, 0.6) is 0 Å². The molecule has 0 radical (unpaired) electrons. The van der Waals surface area contributed by atoms with E-state index < -0.39 is 0 Å². The quantitative estimate of drug-likeness (QED) is 0.681. The molecule has 1 aromatic carbocycles. The molecule has 1 aromatic rings. The summed E-state index contributed by atoms with van der Waals surface area (Å²) in [5, 5.41) is 0. The Kier molecular flexibility index (Phi) is 4.77. The third-order valence-electron chi connectivity index (χ3n) is 4.07. The van der Waals surface area contributed by atoms with Gasteiger partial charge in [-0.2, -0.15) is 0 Å². The van der Waals surface area contributed by atoms with E-state index in [4.69, 9.17) is 0 Å². The molecule has 0 nitrogen and oxygen atoms in total. The zero-order valence-electron chi connectivity index (χ0n) is 10.6.